The van der Waals surface area contributed by atoms with Gasteiger partial charge < -0.3 is 14.8 Å². The van der Waals surface area contributed by atoms with Crippen LogP contribution in [0.5, 0.6) is 5.75 Å². The van der Waals surface area contributed by atoms with E-state index in [4.69, 9.17) is 4.74 Å². The van der Waals surface area contributed by atoms with Crippen molar-refractivity contribution in [1.82, 2.24) is 5.43 Å². The molecule has 0 fully saturated rings. The van der Waals surface area contributed by atoms with E-state index in [0.29, 0.717) is 22.2 Å². The Morgan fingerprint density at radius 2 is 1.79 bits per heavy atom. The summed E-state index contributed by atoms with van der Waals surface area (Å²) in [7, 11) is 0. The monoisotopic (exact) mass is 419 g/mol. The summed E-state index contributed by atoms with van der Waals surface area (Å²) in [6.07, 6.45) is -0.135. The lowest BCUT2D eigenvalue weighted by Gasteiger charge is -2.18. The fourth-order valence-electron chi connectivity index (χ4n) is 2.45. The van der Waals surface area contributed by atoms with Crippen molar-refractivity contribution in [3.8, 4) is 5.75 Å². The molecule has 0 saturated heterocycles. The Kier molecular flexibility index (Phi) is 8.02. The smallest absolute Gasteiger partial charge is 0.398 e. The quantitative estimate of drug-likeness (QED) is 0.345. The minimum atomic E-state index is -0.973. The number of thiophene rings is 1. The molecular formula is C20H25N3O5S. The highest BCUT2D eigenvalue weighted by molar-refractivity contribution is 7.20. The Labute approximate surface area is 173 Å². The van der Waals surface area contributed by atoms with E-state index in [2.05, 4.69) is 20.9 Å². The lowest BCUT2D eigenvalue weighted by molar-refractivity contribution is -0.154. The van der Waals surface area contributed by atoms with E-state index in [1.54, 1.807) is 19.1 Å². The summed E-state index contributed by atoms with van der Waals surface area (Å²) in [4.78, 5) is 35.4. The van der Waals surface area contributed by atoms with Crippen LogP contribution in [0.1, 0.15) is 31.4 Å². The first kappa shape index (κ1) is 22.2. The average Bonchev–Trinajstić information content (AvgIpc) is 3.12. The summed E-state index contributed by atoms with van der Waals surface area (Å²) < 4.78 is 10.5. The van der Waals surface area contributed by atoms with Crippen molar-refractivity contribution in [2.75, 3.05) is 17.3 Å². The third-order valence-electron chi connectivity index (χ3n) is 3.88. The number of hydrazine groups is 1. The first-order valence-corrected chi connectivity index (χ1v) is 10.0. The van der Waals surface area contributed by atoms with E-state index in [1.807, 2.05) is 39.0 Å². The minimum absolute atomic E-state index is 0.115. The SMILES string of the molecule is CCOC(=O)C(=O)NNc1ccc(NC(=O)C(CC)Oc2ccc(C)cc2C)s1. The van der Waals surface area contributed by atoms with Crippen LogP contribution in [0.25, 0.3) is 0 Å². The summed E-state index contributed by atoms with van der Waals surface area (Å²) in [6, 6.07) is 9.15. The number of esters is 1. The molecule has 29 heavy (non-hydrogen) atoms. The molecule has 9 heteroatoms. The molecule has 0 aliphatic heterocycles. The van der Waals surface area contributed by atoms with Crippen LogP contribution in [0.2, 0.25) is 0 Å². The third-order valence-corrected chi connectivity index (χ3v) is 4.79. The van der Waals surface area contributed by atoms with Crippen LogP contribution in [0.3, 0.4) is 0 Å². The Hall–Kier alpha value is -3.07. The standard InChI is InChI=1S/C20H25N3O5S/c1-5-14(28-15-8-7-12(3)11-13(15)4)18(24)21-16-9-10-17(29-16)22-23-19(25)20(26)27-6-2/h7-11,14,22H,5-6H2,1-4H3,(H,21,24)(H,23,25). The summed E-state index contributed by atoms with van der Waals surface area (Å²) in [5.74, 6) is -1.47. The molecule has 0 radical (unpaired) electrons. The first-order valence-electron chi connectivity index (χ1n) is 9.21. The largest absolute Gasteiger partial charge is 0.480 e. The van der Waals surface area contributed by atoms with Gasteiger partial charge in [0, 0.05) is 0 Å². The van der Waals surface area contributed by atoms with Crippen molar-refractivity contribution in [1.29, 1.82) is 0 Å². The second-order valence-corrected chi connectivity index (χ2v) is 7.32. The van der Waals surface area contributed by atoms with Crippen molar-refractivity contribution in [3.05, 3.63) is 41.5 Å². The van der Waals surface area contributed by atoms with Crippen LogP contribution in [0, 0.1) is 13.8 Å². The number of ether oxygens (including phenoxy) is 2. The van der Waals surface area contributed by atoms with Crippen molar-refractivity contribution < 1.29 is 23.9 Å². The van der Waals surface area contributed by atoms with Gasteiger partial charge in [0.05, 0.1) is 11.6 Å². The average molecular weight is 420 g/mol. The highest BCUT2D eigenvalue weighted by atomic mass is 32.1. The molecule has 1 aromatic heterocycles. The normalized spacial score (nSPS) is 11.3. The van der Waals surface area contributed by atoms with Gasteiger partial charge in [-0.05, 0) is 51.0 Å². The second-order valence-electron chi connectivity index (χ2n) is 6.24. The van der Waals surface area contributed by atoms with Crippen LogP contribution in [0.4, 0.5) is 10.0 Å². The van der Waals surface area contributed by atoms with Crippen LogP contribution in [-0.2, 0) is 19.1 Å². The number of amides is 2. The van der Waals surface area contributed by atoms with Crippen molar-refractivity contribution in [2.45, 2.75) is 40.2 Å². The molecule has 156 valence electrons. The molecule has 2 rings (SSSR count). The molecular weight excluding hydrogens is 394 g/mol. The van der Waals surface area contributed by atoms with Gasteiger partial charge in [-0.25, -0.2) is 4.79 Å². The van der Waals surface area contributed by atoms with E-state index in [0.717, 1.165) is 11.1 Å². The maximum atomic E-state index is 12.6. The molecule has 1 unspecified atom stereocenters. The van der Waals surface area contributed by atoms with E-state index >= 15 is 0 Å². The number of hydrogen-bond acceptors (Lipinski definition) is 7. The molecule has 0 bridgehead atoms. The Morgan fingerprint density at radius 1 is 1.07 bits per heavy atom. The second kappa shape index (κ2) is 10.5. The Bertz CT molecular complexity index is 881. The van der Waals surface area contributed by atoms with E-state index < -0.39 is 18.0 Å². The van der Waals surface area contributed by atoms with Crippen LogP contribution in [0.15, 0.2) is 30.3 Å². The molecule has 0 saturated carbocycles. The number of benzene rings is 1. The predicted octanol–water partition coefficient (Wildman–Crippen LogP) is 3.17. The number of nitrogens with one attached hydrogen (secondary N) is 3. The first-order chi connectivity index (χ1) is 13.8. The molecule has 0 spiro atoms. The third kappa shape index (κ3) is 6.49. The number of carbonyl (C=O) groups excluding carboxylic acids is 3. The van der Waals surface area contributed by atoms with Gasteiger partial charge in [0.2, 0.25) is 0 Å². The maximum Gasteiger partial charge on any atom is 0.398 e. The number of anilines is 2. The van der Waals surface area contributed by atoms with E-state index in [1.165, 1.54) is 11.3 Å². The molecule has 2 amide bonds. The Morgan fingerprint density at radius 3 is 2.45 bits per heavy atom. The van der Waals surface area contributed by atoms with Gasteiger partial charge in [-0.2, -0.15) is 0 Å². The highest BCUT2D eigenvalue weighted by Gasteiger charge is 2.20. The van der Waals surface area contributed by atoms with Gasteiger partial charge in [0.25, 0.3) is 5.91 Å². The predicted molar refractivity (Wildman–Crippen MR) is 112 cm³/mol. The Balaban J connectivity index is 1.92. The fourth-order valence-corrected chi connectivity index (χ4v) is 3.21. The van der Waals surface area contributed by atoms with Gasteiger partial charge in [-0.1, -0.05) is 36.0 Å². The lowest BCUT2D eigenvalue weighted by Crippen LogP contribution is -2.36. The fraction of sp³-hybridized carbons (Fsp3) is 0.350. The van der Waals surface area contributed by atoms with Crippen LogP contribution < -0.4 is 20.9 Å². The summed E-state index contributed by atoms with van der Waals surface area (Å²) >= 11 is 1.20. The molecule has 2 aromatic rings. The summed E-state index contributed by atoms with van der Waals surface area (Å²) in [5.41, 5.74) is 6.94. The highest BCUT2D eigenvalue weighted by Crippen LogP contribution is 2.27. The maximum absolute atomic E-state index is 12.6. The number of carbonyl (C=O) groups is 3. The minimum Gasteiger partial charge on any atom is -0.480 e. The van der Waals surface area contributed by atoms with Crippen LogP contribution >= 0.6 is 11.3 Å². The van der Waals surface area contributed by atoms with Crippen molar-refractivity contribution in [2.24, 2.45) is 0 Å². The molecule has 8 nitrogen and oxygen atoms in total. The zero-order chi connectivity index (χ0) is 21.4. The molecule has 3 N–H and O–H groups in total. The van der Waals surface area contributed by atoms with Crippen molar-refractivity contribution in [3.63, 3.8) is 0 Å². The van der Waals surface area contributed by atoms with Gasteiger partial charge >= 0.3 is 11.9 Å². The van der Waals surface area contributed by atoms with E-state index in [-0.39, 0.29) is 12.5 Å². The zero-order valence-corrected chi connectivity index (χ0v) is 17.6. The molecule has 1 aromatic carbocycles. The summed E-state index contributed by atoms with van der Waals surface area (Å²) in [5, 5.41) is 3.92. The molecule has 0 aliphatic carbocycles. The zero-order valence-electron chi connectivity index (χ0n) is 16.8. The van der Waals surface area contributed by atoms with Crippen molar-refractivity contribution >= 4 is 39.1 Å². The van der Waals surface area contributed by atoms with Gasteiger partial charge in [0.15, 0.2) is 6.10 Å². The van der Waals surface area contributed by atoms with Gasteiger partial charge in [-0.15, -0.1) is 0 Å². The van der Waals surface area contributed by atoms with Crippen LogP contribution in [-0.4, -0.2) is 30.5 Å². The summed E-state index contributed by atoms with van der Waals surface area (Å²) in [6.45, 7) is 7.54. The topological polar surface area (TPSA) is 106 Å². The molecule has 1 atom stereocenters. The van der Waals surface area contributed by atoms with Gasteiger partial charge in [-0.3, -0.25) is 20.4 Å². The van der Waals surface area contributed by atoms with E-state index in [9.17, 15) is 14.4 Å². The van der Waals surface area contributed by atoms with Gasteiger partial charge in [0.1, 0.15) is 10.8 Å². The number of aryl methyl sites for hydroxylation is 2. The number of hydrogen-bond donors (Lipinski definition) is 3. The number of rotatable bonds is 8. The molecule has 1 heterocycles. The lowest BCUT2D eigenvalue weighted by atomic mass is 10.1. The molecule has 0 aliphatic rings.